The number of aliphatic hydroxyl groups excluding tert-OH is 1. The highest BCUT2D eigenvalue weighted by atomic mass is 16.6. The van der Waals surface area contributed by atoms with E-state index in [1.165, 1.54) is 24.3 Å². The number of amides is 1. The molecule has 0 aliphatic rings. The second-order valence-corrected chi connectivity index (χ2v) is 5.71. The number of rotatable bonds is 5. The summed E-state index contributed by atoms with van der Waals surface area (Å²) in [6, 6.07) is 14.3. The van der Waals surface area contributed by atoms with Crippen LogP contribution in [0.15, 0.2) is 59.0 Å². The van der Waals surface area contributed by atoms with Gasteiger partial charge in [-0.1, -0.05) is 0 Å². The number of benzene rings is 2. The molecule has 0 saturated heterocycles. The summed E-state index contributed by atoms with van der Waals surface area (Å²) in [4.78, 5) is 22.4. The average molecular weight is 352 g/mol. The molecule has 0 atom stereocenters. The Hall–Kier alpha value is -3.45. The first-order valence-corrected chi connectivity index (χ1v) is 7.84. The summed E-state index contributed by atoms with van der Waals surface area (Å²) in [6.45, 7) is 1.72. The van der Waals surface area contributed by atoms with Crippen LogP contribution in [0.2, 0.25) is 0 Å². The number of nitrogens with zero attached hydrogens (tertiary/aromatic N) is 1. The van der Waals surface area contributed by atoms with Crippen LogP contribution in [0, 0.1) is 17.0 Å². The van der Waals surface area contributed by atoms with Gasteiger partial charge in [-0.3, -0.25) is 14.9 Å². The number of non-ortho nitro benzene ring substituents is 1. The number of hydrogen-bond donors (Lipinski definition) is 2. The van der Waals surface area contributed by atoms with Crippen LogP contribution in [-0.2, 0) is 6.61 Å². The van der Waals surface area contributed by atoms with E-state index in [0.29, 0.717) is 22.8 Å². The molecule has 0 unspecified atom stereocenters. The number of anilines is 1. The first-order chi connectivity index (χ1) is 12.5. The number of aliphatic hydroxyl groups is 1. The third kappa shape index (κ3) is 3.62. The fraction of sp³-hybridized carbons (Fsp3) is 0.105. The molecule has 1 heterocycles. The zero-order valence-corrected chi connectivity index (χ0v) is 13.9. The summed E-state index contributed by atoms with van der Waals surface area (Å²) < 4.78 is 5.53. The fourth-order valence-corrected chi connectivity index (χ4v) is 2.56. The summed E-state index contributed by atoms with van der Waals surface area (Å²) in [5, 5.41) is 22.5. The molecule has 0 aliphatic heterocycles. The van der Waals surface area contributed by atoms with E-state index in [1.807, 2.05) is 13.0 Å². The van der Waals surface area contributed by atoms with Gasteiger partial charge in [0.15, 0.2) is 0 Å². The maximum Gasteiger partial charge on any atom is 0.269 e. The molecule has 0 bridgehead atoms. The van der Waals surface area contributed by atoms with Gasteiger partial charge in [-0.05, 0) is 55.0 Å². The summed E-state index contributed by atoms with van der Waals surface area (Å²) in [5.41, 5.74) is 2.62. The van der Waals surface area contributed by atoms with E-state index in [9.17, 15) is 14.9 Å². The van der Waals surface area contributed by atoms with Crippen LogP contribution >= 0.6 is 0 Å². The van der Waals surface area contributed by atoms with Crippen molar-refractivity contribution in [2.45, 2.75) is 13.5 Å². The Labute approximate surface area is 149 Å². The Bertz CT molecular complexity index is 960. The SMILES string of the molecule is Cc1cc(NC(=O)c2ccc([N+](=O)[O-])cc2)ccc1-c1ccc(CO)o1. The Kier molecular flexibility index (Phi) is 4.81. The molecule has 0 radical (unpaired) electrons. The maximum absolute atomic E-state index is 12.3. The molecule has 0 spiro atoms. The van der Waals surface area contributed by atoms with Crippen LogP contribution in [0.1, 0.15) is 21.7 Å². The average Bonchev–Trinajstić information content (AvgIpc) is 3.10. The molecule has 0 fully saturated rings. The molecule has 1 aromatic heterocycles. The first kappa shape index (κ1) is 17.4. The number of nitro benzene ring substituents is 1. The number of nitrogens with one attached hydrogen (secondary N) is 1. The van der Waals surface area contributed by atoms with Gasteiger partial charge >= 0.3 is 0 Å². The fourth-order valence-electron chi connectivity index (χ4n) is 2.56. The van der Waals surface area contributed by atoms with Crippen molar-refractivity contribution in [3.05, 3.63) is 81.6 Å². The molecule has 0 aliphatic carbocycles. The first-order valence-electron chi connectivity index (χ1n) is 7.84. The van der Waals surface area contributed by atoms with Crippen LogP contribution in [0.5, 0.6) is 0 Å². The van der Waals surface area contributed by atoms with Crippen LogP contribution in [-0.4, -0.2) is 15.9 Å². The second kappa shape index (κ2) is 7.20. The number of hydrogen-bond acceptors (Lipinski definition) is 5. The molecule has 2 aromatic carbocycles. The van der Waals surface area contributed by atoms with Gasteiger partial charge in [-0.2, -0.15) is 0 Å². The lowest BCUT2D eigenvalue weighted by Crippen LogP contribution is -2.12. The molecule has 7 heteroatoms. The van der Waals surface area contributed by atoms with Crippen LogP contribution in [0.3, 0.4) is 0 Å². The minimum absolute atomic E-state index is 0.0672. The second-order valence-electron chi connectivity index (χ2n) is 5.71. The Morgan fingerprint density at radius 1 is 1.15 bits per heavy atom. The van der Waals surface area contributed by atoms with Crippen LogP contribution in [0.4, 0.5) is 11.4 Å². The summed E-state index contributed by atoms with van der Waals surface area (Å²) in [7, 11) is 0. The van der Waals surface area contributed by atoms with Gasteiger partial charge in [-0.15, -0.1) is 0 Å². The monoisotopic (exact) mass is 352 g/mol. The summed E-state index contributed by atoms with van der Waals surface area (Å²) >= 11 is 0. The van der Waals surface area contributed by atoms with E-state index in [-0.39, 0.29) is 18.2 Å². The highest BCUT2D eigenvalue weighted by molar-refractivity contribution is 6.04. The lowest BCUT2D eigenvalue weighted by molar-refractivity contribution is -0.384. The van der Waals surface area contributed by atoms with Crippen LogP contribution < -0.4 is 5.32 Å². The smallest absolute Gasteiger partial charge is 0.269 e. The molecule has 3 rings (SSSR count). The molecule has 3 aromatic rings. The number of aryl methyl sites for hydroxylation is 1. The van der Waals surface area contributed by atoms with E-state index >= 15 is 0 Å². The highest BCUT2D eigenvalue weighted by Crippen LogP contribution is 2.28. The molecule has 7 nitrogen and oxygen atoms in total. The summed E-state index contributed by atoms with van der Waals surface area (Å²) in [5.74, 6) is 0.766. The van der Waals surface area contributed by atoms with E-state index in [1.54, 1.807) is 24.3 Å². The largest absolute Gasteiger partial charge is 0.459 e. The number of carbonyl (C=O) groups is 1. The minimum Gasteiger partial charge on any atom is -0.459 e. The van der Waals surface area contributed by atoms with Crippen molar-refractivity contribution < 1.29 is 19.2 Å². The third-order valence-corrected chi connectivity index (χ3v) is 3.91. The zero-order valence-electron chi connectivity index (χ0n) is 13.9. The van der Waals surface area contributed by atoms with E-state index in [0.717, 1.165) is 11.1 Å². The molecular weight excluding hydrogens is 336 g/mol. The van der Waals surface area contributed by atoms with Gasteiger partial charge in [0.1, 0.15) is 18.1 Å². The molecule has 26 heavy (non-hydrogen) atoms. The van der Waals surface area contributed by atoms with Crippen molar-refractivity contribution in [1.29, 1.82) is 0 Å². The number of carbonyl (C=O) groups excluding carboxylic acids is 1. The Morgan fingerprint density at radius 2 is 1.88 bits per heavy atom. The molecule has 0 saturated carbocycles. The molecule has 1 amide bonds. The van der Waals surface area contributed by atoms with Crippen molar-refractivity contribution >= 4 is 17.3 Å². The van der Waals surface area contributed by atoms with Crippen molar-refractivity contribution in [3.8, 4) is 11.3 Å². The van der Waals surface area contributed by atoms with Crippen molar-refractivity contribution in [1.82, 2.24) is 0 Å². The lowest BCUT2D eigenvalue weighted by Gasteiger charge is -2.09. The van der Waals surface area contributed by atoms with Crippen molar-refractivity contribution in [2.75, 3.05) is 5.32 Å². The molecule has 2 N–H and O–H groups in total. The van der Waals surface area contributed by atoms with E-state index < -0.39 is 4.92 Å². The zero-order chi connectivity index (χ0) is 18.7. The van der Waals surface area contributed by atoms with Gasteiger partial charge in [0.05, 0.1) is 4.92 Å². The molecule has 132 valence electrons. The predicted octanol–water partition coefficient (Wildman–Crippen LogP) is 3.91. The van der Waals surface area contributed by atoms with Crippen molar-refractivity contribution in [3.63, 3.8) is 0 Å². The minimum atomic E-state index is -0.513. The van der Waals surface area contributed by atoms with Crippen molar-refractivity contribution in [2.24, 2.45) is 0 Å². The van der Waals surface area contributed by atoms with Gasteiger partial charge in [0.25, 0.3) is 11.6 Å². The maximum atomic E-state index is 12.3. The third-order valence-electron chi connectivity index (χ3n) is 3.91. The normalized spacial score (nSPS) is 10.5. The van der Waals surface area contributed by atoms with E-state index in [2.05, 4.69) is 5.32 Å². The Balaban J connectivity index is 1.76. The Morgan fingerprint density at radius 3 is 2.46 bits per heavy atom. The van der Waals surface area contributed by atoms with Gasteiger partial charge < -0.3 is 14.8 Å². The van der Waals surface area contributed by atoms with Crippen LogP contribution in [0.25, 0.3) is 11.3 Å². The molecular formula is C19H16N2O5. The number of nitro groups is 1. The standard InChI is InChI=1S/C19H16N2O5/c1-12-10-14(4-8-17(12)18-9-7-16(11-22)26-18)20-19(23)13-2-5-15(6-3-13)21(24)25/h2-10,22H,11H2,1H3,(H,20,23). The van der Waals surface area contributed by atoms with Gasteiger partial charge in [-0.25, -0.2) is 0 Å². The van der Waals surface area contributed by atoms with Gasteiger partial charge in [0, 0.05) is 28.9 Å². The van der Waals surface area contributed by atoms with Gasteiger partial charge in [0.2, 0.25) is 0 Å². The predicted molar refractivity (Wildman–Crippen MR) is 95.9 cm³/mol. The van der Waals surface area contributed by atoms with E-state index in [4.69, 9.17) is 9.52 Å². The summed E-state index contributed by atoms with van der Waals surface area (Å²) in [6.07, 6.45) is 0. The quantitative estimate of drug-likeness (QED) is 0.535. The topological polar surface area (TPSA) is 106 Å². The number of furan rings is 1. The lowest BCUT2D eigenvalue weighted by atomic mass is 10.1. The highest BCUT2D eigenvalue weighted by Gasteiger charge is 2.12.